The lowest BCUT2D eigenvalue weighted by atomic mass is 10.1. The Morgan fingerprint density at radius 1 is 1.14 bits per heavy atom. The molecule has 0 aliphatic carbocycles. The highest BCUT2D eigenvalue weighted by atomic mass is 16.5. The Bertz CT molecular complexity index is 1010. The van der Waals surface area contributed by atoms with Gasteiger partial charge in [0.05, 0.1) is 5.52 Å². The number of carbonyl (C=O) groups excluding carboxylic acids is 2. The van der Waals surface area contributed by atoms with Crippen molar-refractivity contribution in [1.29, 1.82) is 0 Å². The summed E-state index contributed by atoms with van der Waals surface area (Å²) in [5.74, 6) is -0.504. The Labute approximate surface area is 163 Å². The summed E-state index contributed by atoms with van der Waals surface area (Å²) < 4.78 is 6.61. The molecule has 0 saturated heterocycles. The van der Waals surface area contributed by atoms with E-state index in [9.17, 15) is 9.59 Å². The van der Waals surface area contributed by atoms with Gasteiger partial charge in [0.2, 0.25) is 5.82 Å². The summed E-state index contributed by atoms with van der Waals surface area (Å²) in [6.45, 7) is 4.97. The van der Waals surface area contributed by atoms with Crippen LogP contribution in [0.3, 0.4) is 0 Å². The number of nitrogens with one attached hydrogen (secondary N) is 2. The van der Waals surface area contributed by atoms with Crippen LogP contribution in [0.1, 0.15) is 38.7 Å². The van der Waals surface area contributed by atoms with Crippen LogP contribution in [0.15, 0.2) is 42.6 Å². The van der Waals surface area contributed by atoms with E-state index in [2.05, 4.69) is 15.6 Å². The van der Waals surface area contributed by atoms with E-state index in [4.69, 9.17) is 4.74 Å². The fourth-order valence-corrected chi connectivity index (χ4v) is 3.00. The number of fused-ring (bicyclic) bond motifs is 1. The average molecular weight is 380 g/mol. The van der Waals surface area contributed by atoms with Crippen LogP contribution in [0, 0.1) is 13.8 Å². The number of benzene rings is 1. The molecule has 0 aliphatic heterocycles. The molecule has 7 nitrogen and oxygen atoms in total. The number of aromatic nitrogens is 2. The molecule has 0 bridgehead atoms. The number of methoxy groups -OCH3 is 1. The van der Waals surface area contributed by atoms with Gasteiger partial charge >= 0.3 is 0 Å². The number of rotatable bonds is 7. The third kappa shape index (κ3) is 4.20. The monoisotopic (exact) mass is 380 g/mol. The number of hydrogen-bond donors (Lipinski definition) is 2. The molecule has 2 amide bonds. The van der Waals surface area contributed by atoms with E-state index in [0.717, 1.165) is 16.8 Å². The molecule has 3 rings (SSSR count). The molecule has 0 spiro atoms. The number of aryl methyl sites for hydroxylation is 2. The lowest BCUT2D eigenvalue weighted by molar-refractivity contribution is 0.0937. The fourth-order valence-electron chi connectivity index (χ4n) is 3.00. The van der Waals surface area contributed by atoms with Crippen molar-refractivity contribution in [2.75, 3.05) is 25.6 Å². The molecule has 28 heavy (non-hydrogen) atoms. The molecule has 0 fully saturated rings. The molecule has 0 aliphatic rings. The normalized spacial score (nSPS) is 10.8. The van der Waals surface area contributed by atoms with Gasteiger partial charge in [-0.3, -0.25) is 14.0 Å². The zero-order valence-corrected chi connectivity index (χ0v) is 16.3. The van der Waals surface area contributed by atoms with Crippen molar-refractivity contribution in [2.45, 2.75) is 20.3 Å². The first-order chi connectivity index (χ1) is 13.5. The summed E-state index contributed by atoms with van der Waals surface area (Å²) in [6.07, 6.45) is 2.42. The van der Waals surface area contributed by atoms with Gasteiger partial charge in [-0.25, -0.2) is 4.98 Å². The van der Waals surface area contributed by atoms with Crippen molar-refractivity contribution in [3.05, 3.63) is 65.2 Å². The maximum Gasteiger partial charge on any atom is 0.287 e. The van der Waals surface area contributed by atoms with Gasteiger partial charge in [0, 0.05) is 32.1 Å². The highest BCUT2D eigenvalue weighted by molar-refractivity contribution is 6.09. The smallest absolute Gasteiger partial charge is 0.287 e. The SMILES string of the molecule is COCCCNC(=O)c1nc(C(=O)Nc2ccc(C)cc2C)c2ccccn12. The molecule has 2 aromatic heterocycles. The summed E-state index contributed by atoms with van der Waals surface area (Å²) in [4.78, 5) is 29.7. The second-order valence-electron chi connectivity index (χ2n) is 6.61. The number of pyridine rings is 1. The molecule has 0 atom stereocenters. The first kappa shape index (κ1) is 19.6. The van der Waals surface area contributed by atoms with Gasteiger partial charge < -0.3 is 15.4 Å². The minimum atomic E-state index is -0.353. The van der Waals surface area contributed by atoms with Gasteiger partial charge in [-0.2, -0.15) is 0 Å². The lowest BCUT2D eigenvalue weighted by Crippen LogP contribution is -2.27. The van der Waals surface area contributed by atoms with Crippen LogP contribution in [-0.2, 0) is 4.74 Å². The second kappa shape index (κ2) is 8.67. The predicted octanol–water partition coefficient (Wildman–Crippen LogP) is 2.97. The van der Waals surface area contributed by atoms with E-state index in [1.54, 1.807) is 29.8 Å². The van der Waals surface area contributed by atoms with Crippen LogP contribution in [0.25, 0.3) is 5.52 Å². The number of imidazole rings is 1. The topological polar surface area (TPSA) is 84.7 Å². The van der Waals surface area contributed by atoms with E-state index in [1.807, 2.05) is 38.1 Å². The largest absolute Gasteiger partial charge is 0.385 e. The van der Waals surface area contributed by atoms with Crippen LogP contribution in [0.5, 0.6) is 0 Å². The number of hydrogen-bond acceptors (Lipinski definition) is 4. The molecule has 0 unspecified atom stereocenters. The lowest BCUT2D eigenvalue weighted by Gasteiger charge is -2.08. The van der Waals surface area contributed by atoms with E-state index in [-0.39, 0.29) is 23.3 Å². The van der Waals surface area contributed by atoms with Gasteiger partial charge in [0.25, 0.3) is 11.8 Å². The molecule has 7 heteroatoms. The fraction of sp³-hybridized carbons (Fsp3) is 0.286. The van der Waals surface area contributed by atoms with E-state index >= 15 is 0 Å². The molecule has 0 saturated carbocycles. The van der Waals surface area contributed by atoms with Gasteiger partial charge in [0.15, 0.2) is 5.69 Å². The van der Waals surface area contributed by atoms with Crippen molar-refractivity contribution < 1.29 is 14.3 Å². The number of amides is 2. The predicted molar refractivity (Wildman–Crippen MR) is 108 cm³/mol. The Morgan fingerprint density at radius 2 is 1.96 bits per heavy atom. The van der Waals surface area contributed by atoms with Crippen LogP contribution < -0.4 is 10.6 Å². The van der Waals surface area contributed by atoms with Gasteiger partial charge in [-0.15, -0.1) is 0 Å². The number of carbonyl (C=O) groups is 2. The van der Waals surface area contributed by atoms with E-state index in [0.29, 0.717) is 25.1 Å². The molecule has 0 radical (unpaired) electrons. The number of ether oxygens (including phenoxy) is 1. The van der Waals surface area contributed by atoms with Crippen LogP contribution in [0.4, 0.5) is 5.69 Å². The third-order valence-corrected chi connectivity index (χ3v) is 4.41. The summed E-state index contributed by atoms with van der Waals surface area (Å²) in [7, 11) is 1.62. The Morgan fingerprint density at radius 3 is 2.71 bits per heavy atom. The zero-order valence-electron chi connectivity index (χ0n) is 16.3. The molecule has 3 aromatic rings. The molecular formula is C21H24N4O3. The van der Waals surface area contributed by atoms with Crippen molar-refractivity contribution in [1.82, 2.24) is 14.7 Å². The maximum absolute atomic E-state index is 12.9. The minimum absolute atomic E-state index is 0.179. The quantitative estimate of drug-likeness (QED) is 0.617. The van der Waals surface area contributed by atoms with Crippen molar-refractivity contribution >= 4 is 23.0 Å². The van der Waals surface area contributed by atoms with Crippen molar-refractivity contribution in [3.8, 4) is 0 Å². The van der Waals surface area contributed by atoms with E-state index < -0.39 is 0 Å². The third-order valence-electron chi connectivity index (χ3n) is 4.41. The van der Waals surface area contributed by atoms with E-state index in [1.165, 1.54) is 0 Å². The maximum atomic E-state index is 12.9. The number of nitrogens with zero attached hydrogens (tertiary/aromatic N) is 2. The van der Waals surface area contributed by atoms with Crippen LogP contribution in [0.2, 0.25) is 0 Å². The number of anilines is 1. The second-order valence-corrected chi connectivity index (χ2v) is 6.61. The molecular weight excluding hydrogens is 356 g/mol. The Kier molecular flexibility index (Phi) is 6.06. The van der Waals surface area contributed by atoms with Crippen molar-refractivity contribution in [2.24, 2.45) is 0 Å². The summed E-state index contributed by atoms with van der Waals surface area (Å²) >= 11 is 0. The Hall–Kier alpha value is -3.19. The van der Waals surface area contributed by atoms with Crippen LogP contribution in [-0.4, -0.2) is 41.5 Å². The molecule has 2 N–H and O–H groups in total. The van der Waals surface area contributed by atoms with Gasteiger partial charge in [-0.1, -0.05) is 23.8 Å². The summed E-state index contributed by atoms with van der Waals surface area (Å²) in [5, 5.41) is 5.70. The highest BCUT2D eigenvalue weighted by Gasteiger charge is 2.21. The standard InChI is InChI=1S/C21H24N4O3/c1-14-8-9-16(15(2)13-14)23-20(26)18-17-7-4-5-11-25(17)19(24-18)21(27)22-10-6-12-28-3/h4-5,7-9,11,13H,6,10,12H2,1-3H3,(H,22,27)(H,23,26). The first-order valence-electron chi connectivity index (χ1n) is 9.14. The van der Waals surface area contributed by atoms with Gasteiger partial charge in [0.1, 0.15) is 0 Å². The average Bonchev–Trinajstić information content (AvgIpc) is 3.07. The summed E-state index contributed by atoms with van der Waals surface area (Å²) in [6, 6.07) is 11.2. The highest BCUT2D eigenvalue weighted by Crippen LogP contribution is 2.19. The first-order valence-corrected chi connectivity index (χ1v) is 9.14. The Balaban J connectivity index is 1.87. The summed E-state index contributed by atoms with van der Waals surface area (Å²) in [5.41, 5.74) is 3.59. The zero-order chi connectivity index (χ0) is 20.1. The molecule has 2 heterocycles. The molecule has 146 valence electrons. The van der Waals surface area contributed by atoms with Gasteiger partial charge in [-0.05, 0) is 44.0 Å². The van der Waals surface area contributed by atoms with Crippen molar-refractivity contribution in [3.63, 3.8) is 0 Å². The minimum Gasteiger partial charge on any atom is -0.385 e. The van der Waals surface area contributed by atoms with Crippen LogP contribution >= 0.6 is 0 Å². The molecule has 1 aromatic carbocycles.